The molecule has 2 heteroatoms. The monoisotopic (exact) mass is 263 g/mol. The largest absolute Gasteiger partial charge is 0.393 e. The number of hydrogen-bond donors (Lipinski definition) is 1. The Labute approximate surface area is 117 Å². The van der Waals surface area contributed by atoms with Gasteiger partial charge in [-0.15, -0.1) is 0 Å². The van der Waals surface area contributed by atoms with Crippen molar-refractivity contribution in [2.75, 3.05) is 0 Å². The number of thiocarbonyl (C=S) groups is 1. The summed E-state index contributed by atoms with van der Waals surface area (Å²) in [4.78, 5) is 0.600. The van der Waals surface area contributed by atoms with Gasteiger partial charge in [0.2, 0.25) is 0 Å². The highest BCUT2D eigenvalue weighted by atomic mass is 32.1. The second-order valence-corrected chi connectivity index (χ2v) is 6.77. The fraction of sp³-hybridized carbons (Fsp3) is 0.562. The zero-order valence-corrected chi connectivity index (χ0v) is 13.2. The van der Waals surface area contributed by atoms with Crippen LogP contribution >= 0.6 is 12.2 Å². The van der Waals surface area contributed by atoms with Crippen molar-refractivity contribution in [3.63, 3.8) is 0 Å². The molecule has 0 bridgehead atoms. The van der Waals surface area contributed by atoms with Crippen LogP contribution < -0.4 is 5.73 Å². The van der Waals surface area contributed by atoms with Gasteiger partial charge in [-0.05, 0) is 34.9 Å². The lowest BCUT2D eigenvalue weighted by molar-refractivity contribution is 0.581. The smallest absolute Gasteiger partial charge is 0.0761 e. The molecule has 100 valence electrons. The van der Waals surface area contributed by atoms with E-state index in [1.807, 2.05) is 0 Å². The lowest BCUT2D eigenvalue weighted by Crippen LogP contribution is -2.24. The van der Waals surface area contributed by atoms with Gasteiger partial charge in [0.15, 0.2) is 0 Å². The van der Waals surface area contributed by atoms with E-state index in [0.717, 1.165) is 0 Å². The third-order valence-electron chi connectivity index (χ3n) is 3.83. The van der Waals surface area contributed by atoms with Gasteiger partial charge in [0.25, 0.3) is 0 Å². The van der Waals surface area contributed by atoms with Crippen molar-refractivity contribution in [3.05, 3.63) is 34.9 Å². The first kappa shape index (κ1) is 15.2. The molecule has 1 aromatic carbocycles. The normalized spacial score (nSPS) is 15.2. The molecule has 0 amide bonds. The van der Waals surface area contributed by atoms with E-state index in [1.165, 1.54) is 16.7 Å². The van der Waals surface area contributed by atoms with E-state index in [-0.39, 0.29) is 11.3 Å². The molecular weight excluding hydrogens is 238 g/mol. The molecule has 1 nitrogen and oxygen atoms in total. The highest BCUT2D eigenvalue weighted by Crippen LogP contribution is 2.31. The average Bonchev–Trinajstić information content (AvgIpc) is 2.26. The van der Waals surface area contributed by atoms with Crippen LogP contribution in [-0.2, 0) is 5.41 Å². The molecule has 0 aromatic heterocycles. The lowest BCUT2D eigenvalue weighted by Gasteiger charge is -2.25. The van der Waals surface area contributed by atoms with Gasteiger partial charge in [0.05, 0.1) is 4.99 Å². The summed E-state index contributed by atoms with van der Waals surface area (Å²) >= 11 is 5.12. The maximum atomic E-state index is 5.78. The molecule has 0 heterocycles. The first-order chi connectivity index (χ1) is 8.14. The molecule has 2 unspecified atom stereocenters. The minimum absolute atomic E-state index is 0.175. The Bertz CT molecular complexity index is 443. The van der Waals surface area contributed by atoms with Crippen LogP contribution in [0, 0.1) is 12.8 Å². The Morgan fingerprint density at radius 1 is 1.22 bits per heavy atom. The Balaban J connectivity index is 3.20. The first-order valence-electron chi connectivity index (χ1n) is 6.55. The minimum Gasteiger partial charge on any atom is -0.393 e. The zero-order chi connectivity index (χ0) is 14.1. The molecule has 0 aliphatic rings. The van der Waals surface area contributed by atoms with Crippen LogP contribution in [0.1, 0.15) is 57.2 Å². The molecule has 0 saturated carbocycles. The molecule has 1 aromatic rings. The van der Waals surface area contributed by atoms with E-state index >= 15 is 0 Å². The molecule has 18 heavy (non-hydrogen) atoms. The third-order valence-corrected chi connectivity index (χ3v) is 4.21. The maximum Gasteiger partial charge on any atom is 0.0761 e. The number of benzene rings is 1. The molecule has 0 radical (unpaired) electrons. The van der Waals surface area contributed by atoms with Crippen molar-refractivity contribution < 1.29 is 0 Å². The number of hydrogen-bond acceptors (Lipinski definition) is 1. The summed E-state index contributed by atoms with van der Waals surface area (Å²) in [6.07, 6.45) is 0. The highest BCUT2D eigenvalue weighted by Gasteiger charge is 2.21. The predicted octanol–water partition coefficient (Wildman–Crippen LogP) is 4.32. The van der Waals surface area contributed by atoms with Crippen LogP contribution in [0.5, 0.6) is 0 Å². The molecule has 2 atom stereocenters. The van der Waals surface area contributed by atoms with Crippen LogP contribution in [0.3, 0.4) is 0 Å². The van der Waals surface area contributed by atoms with Crippen LogP contribution in [0.2, 0.25) is 0 Å². The van der Waals surface area contributed by atoms with Crippen molar-refractivity contribution >= 4 is 17.2 Å². The van der Waals surface area contributed by atoms with Gasteiger partial charge in [0.1, 0.15) is 0 Å². The highest BCUT2D eigenvalue weighted by molar-refractivity contribution is 7.80. The average molecular weight is 263 g/mol. The molecule has 1 rings (SSSR count). The fourth-order valence-electron chi connectivity index (χ4n) is 2.11. The van der Waals surface area contributed by atoms with E-state index in [2.05, 4.69) is 59.7 Å². The van der Waals surface area contributed by atoms with Gasteiger partial charge < -0.3 is 5.73 Å². The molecule has 2 N–H and O–H groups in total. The first-order valence-corrected chi connectivity index (χ1v) is 6.95. The topological polar surface area (TPSA) is 26.0 Å². The van der Waals surface area contributed by atoms with Gasteiger partial charge in [0, 0.05) is 5.92 Å². The van der Waals surface area contributed by atoms with Crippen molar-refractivity contribution in [2.45, 2.75) is 52.9 Å². The molecule has 0 aliphatic heterocycles. The standard InChI is InChI=1S/C16H25NS/c1-10-7-8-13(16(4,5)6)9-14(10)11(2)12(3)15(17)18/h7-9,11-12H,1-6H3,(H2,17,18). The number of aryl methyl sites for hydroxylation is 1. The summed E-state index contributed by atoms with van der Waals surface area (Å²) in [6, 6.07) is 6.74. The van der Waals surface area contributed by atoms with E-state index in [1.54, 1.807) is 0 Å². The molecular formula is C16H25NS. The van der Waals surface area contributed by atoms with Gasteiger partial charge in [-0.1, -0.05) is 65.0 Å². The second-order valence-electron chi connectivity index (χ2n) is 6.30. The third kappa shape index (κ3) is 3.32. The summed E-state index contributed by atoms with van der Waals surface area (Å²) in [5, 5.41) is 0. The summed E-state index contributed by atoms with van der Waals surface area (Å²) in [5.74, 6) is 0.596. The Morgan fingerprint density at radius 2 is 1.78 bits per heavy atom. The molecule has 0 fully saturated rings. The van der Waals surface area contributed by atoms with E-state index in [9.17, 15) is 0 Å². The van der Waals surface area contributed by atoms with E-state index in [4.69, 9.17) is 18.0 Å². The molecule has 0 spiro atoms. The SMILES string of the molecule is Cc1ccc(C(C)(C)C)cc1C(C)C(C)C(N)=S. The summed E-state index contributed by atoms with van der Waals surface area (Å²) in [5.41, 5.74) is 10.0. The van der Waals surface area contributed by atoms with Crippen LogP contribution in [0.25, 0.3) is 0 Å². The summed E-state index contributed by atoms with van der Waals surface area (Å²) in [7, 11) is 0. The Morgan fingerprint density at radius 3 is 2.22 bits per heavy atom. The fourth-order valence-corrected chi connectivity index (χ4v) is 2.32. The van der Waals surface area contributed by atoms with Crippen LogP contribution in [-0.4, -0.2) is 4.99 Å². The van der Waals surface area contributed by atoms with E-state index in [0.29, 0.717) is 10.9 Å². The summed E-state index contributed by atoms with van der Waals surface area (Å²) < 4.78 is 0. The maximum absolute atomic E-state index is 5.78. The number of rotatable bonds is 3. The van der Waals surface area contributed by atoms with E-state index < -0.39 is 0 Å². The van der Waals surface area contributed by atoms with Gasteiger partial charge in [-0.2, -0.15) is 0 Å². The quantitative estimate of drug-likeness (QED) is 0.822. The van der Waals surface area contributed by atoms with Crippen molar-refractivity contribution in [1.29, 1.82) is 0 Å². The van der Waals surface area contributed by atoms with Gasteiger partial charge in [-0.3, -0.25) is 0 Å². The van der Waals surface area contributed by atoms with Gasteiger partial charge in [-0.25, -0.2) is 0 Å². The predicted molar refractivity (Wildman–Crippen MR) is 84.2 cm³/mol. The van der Waals surface area contributed by atoms with Crippen LogP contribution in [0.15, 0.2) is 18.2 Å². The van der Waals surface area contributed by atoms with Crippen molar-refractivity contribution in [1.82, 2.24) is 0 Å². The zero-order valence-electron chi connectivity index (χ0n) is 12.4. The minimum atomic E-state index is 0.175. The molecule has 0 aliphatic carbocycles. The Kier molecular flexibility index (Phi) is 4.55. The second kappa shape index (κ2) is 5.40. The van der Waals surface area contributed by atoms with Gasteiger partial charge >= 0.3 is 0 Å². The lowest BCUT2D eigenvalue weighted by atomic mass is 9.80. The summed E-state index contributed by atoms with van der Waals surface area (Å²) in [6.45, 7) is 13.2. The van der Waals surface area contributed by atoms with Crippen molar-refractivity contribution in [3.8, 4) is 0 Å². The Hall–Kier alpha value is -0.890. The van der Waals surface area contributed by atoms with Crippen LogP contribution in [0.4, 0.5) is 0 Å². The molecule has 0 saturated heterocycles. The van der Waals surface area contributed by atoms with Crippen molar-refractivity contribution in [2.24, 2.45) is 11.7 Å². The number of nitrogens with two attached hydrogens (primary N) is 1.